The van der Waals surface area contributed by atoms with Crippen LogP contribution >= 0.6 is 0 Å². The summed E-state index contributed by atoms with van der Waals surface area (Å²) in [5.41, 5.74) is 3.74. The van der Waals surface area contributed by atoms with Crippen LogP contribution in [0.1, 0.15) is 20.3 Å². The van der Waals surface area contributed by atoms with Gasteiger partial charge in [0, 0.05) is 0 Å². The van der Waals surface area contributed by atoms with Gasteiger partial charge in [-0.2, -0.15) is 0 Å². The average molecular weight is 338 g/mol. The number of esters is 1. The van der Waals surface area contributed by atoms with E-state index in [-0.39, 0.29) is 25.4 Å². The van der Waals surface area contributed by atoms with Crippen molar-refractivity contribution in [2.24, 2.45) is 5.73 Å². The van der Waals surface area contributed by atoms with E-state index in [9.17, 15) is 18.8 Å². The number of nitrogens with zero attached hydrogens (tertiary/aromatic N) is 1. The summed E-state index contributed by atoms with van der Waals surface area (Å²) in [5.74, 6) is -1.69. The van der Waals surface area contributed by atoms with Crippen LogP contribution in [0.2, 0.25) is 0 Å². The Kier molecular flexibility index (Phi) is 5.06. The molecule has 0 aliphatic carbocycles. The maximum Gasteiger partial charge on any atom is 0.350 e. The second kappa shape index (κ2) is 6.86. The molecule has 2 rings (SSSR count). The maximum atomic E-state index is 12.9. The lowest BCUT2D eigenvalue weighted by molar-refractivity contribution is -0.164. The molecule has 1 atom stereocenters. The van der Waals surface area contributed by atoms with Gasteiger partial charge in [-0.15, -0.1) is 0 Å². The zero-order valence-corrected chi connectivity index (χ0v) is 13.5. The van der Waals surface area contributed by atoms with Crippen molar-refractivity contribution >= 4 is 17.8 Å². The third kappa shape index (κ3) is 4.43. The number of halogens is 1. The minimum Gasteiger partial charge on any atom is -0.476 e. The summed E-state index contributed by atoms with van der Waals surface area (Å²) >= 11 is 0. The number of rotatable bonds is 6. The molecule has 1 aliphatic rings. The van der Waals surface area contributed by atoms with Crippen LogP contribution in [0.3, 0.4) is 0 Å². The Morgan fingerprint density at radius 1 is 1.33 bits per heavy atom. The maximum absolute atomic E-state index is 12.9. The highest BCUT2D eigenvalue weighted by Gasteiger charge is 2.38. The Bertz CT molecular complexity index is 644. The largest absolute Gasteiger partial charge is 0.476 e. The van der Waals surface area contributed by atoms with Crippen LogP contribution in [0.15, 0.2) is 24.3 Å². The van der Waals surface area contributed by atoms with E-state index in [2.05, 4.69) is 0 Å². The van der Waals surface area contributed by atoms with E-state index in [0.29, 0.717) is 5.75 Å². The first-order valence-electron chi connectivity index (χ1n) is 7.39. The number of ether oxygens (including phenoxy) is 2. The second-order valence-electron chi connectivity index (χ2n) is 6.04. The van der Waals surface area contributed by atoms with Crippen molar-refractivity contribution in [3.8, 4) is 5.75 Å². The van der Waals surface area contributed by atoms with Gasteiger partial charge in [-0.05, 0) is 38.1 Å². The molecule has 1 aromatic carbocycles. The number of benzene rings is 1. The molecule has 8 heteroatoms. The number of amides is 2. The minimum atomic E-state index is -1.32. The molecule has 1 fully saturated rings. The summed E-state index contributed by atoms with van der Waals surface area (Å²) in [6.45, 7) is 2.93. The van der Waals surface area contributed by atoms with Gasteiger partial charge in [0.15, 0.2) is 5.60 Å². The summed E-state index contributed by atoms with van der Waals surface area (Å²) < 4.78 is 23.7. The van der Waals surface area contributed by atoms with Crippen LogP contribution in [0.5, 0.6) is 5.75 Å². The van der Waals surface area contributed by atoms with Crippen molar-refractivity contribution in [2.45, 2.75) is 32.0 Å². The van der Waals surface area contributed by atoms with Gasteiger partial charge in [-0.1, -0.05) is 0 Å². The summed E-state index contributed by atoms with van der Waals surface area (Å²) in [6, 6.07) is 5.23. The predicted octanol–water partition coefficient (Wildman–Crippen LogP) is 0.612. The van der Waals surface area contributed by atoms with Crippen LogP contribution in [0.25, 0.3) is 0 Å². The molecule has 2 amide bonds. The lowest BCUT2D eigenvalue weighted by atomic mass is 10.1. The molecule has 0 bridgehead atoms. The number of likely N-dealkylation sites (tertiary alicyclic amines) is 1. The van der Waals surface area contributed by atoms with Gasteiger partial charge in [0.05, 0.1) is 19.5 Å². The summed E-state index contributed by atoms with van der Waals surface area (Å²) in [4.78, 5) is 36.2. The van der Waals surface area contributed by atoms with Gasteiger partial charge in [-0.25, -0.2) is 9.18 Å². The van der Waals surface area contributed by atoms with Gasteiger partial charge < -0.3 is 20.1 Å². The molecule has 24 heavy (non-hydrogen) atoms. The first-order chi connectivity index (χ1) is 11.2. The molecule has 0 spiro atoms. The molecule has 1 aliphatic heterocycles. The normalized spacial score (nSPS) is 17.7. The van der Waals surface area contributed by atoms with Crippen molar-refractivity contribution in [3.63, 3.8) is 0 Å². The van der Waals surface area contributed by atoms with E-state index in [0.717, 1.165) is 0 Å². The highest BCUT2D eigenvalue weighted by Crippen LogP contribution is 2.22. The first-order valence-corrected chi connectivity index (χ1v) is 7.39. The van der Waals surface area contributed by atoms with Gasteiger partial charge >= 0.3 is 5.97 Å². The van der Waals surface area contributed by atoms with Crippen LogP contribution in [0, 0.1) is 5.82 Å². The highest BCUT2D eigenvalue weighted by atomic mass is 19.1. The molecule has 0 radical (unpaired) electrons. The lowest BCUT2D eigenvalue weighted by Gasteiger charge is -2.26. The molecular weight excluding hydrogens is 319 g/mol. The summed E-state index contributed by atoms with van der Waals surface area (Å²) in [5, 5.41) is 0. The van der Waals surface area contributed by atoms with E-state index in [1.807, 2.05) is 0 Å². The molecule has 0 aromatic heterocycles. The van der Waals surface area contributed by atoms with Crippen molar-refractivity contribution in [1.82, 2.24) is 4.90 Å². The molecule has 1 heterocycles. The highest BCUT2D eigenvalue weighted by molar-refractivity contribution is 5.86. The Balaban J connectivity index is 1.94. The fraction of sp³-hybridized carbons (Fsp3) is 0.438. The van der Waals surface area contributed by atoms with E-state index in [1.165, 1.54) is 43.0 Å². The van der Waals surface area contributed by atoms with Crippen molar-refractivity contribution < 1.29 is 28.2 Å². The summed E-state index contributed by atoms with van der Waals surface area (Å²) in [6.07, 6.45) is -0.675. The van der Waals surface area contributed by atoms with Crippen LogP contribution in [-0.2, 0) is 19.1 Å². The van der Waals surface area contributed by atoms with Crippen molar-refractivity contribution in [2.75, 3.05) is 13.1 Å². The molecule has 2 N–H and O–H groups in total. The zero-order chi connectivity index (χ0) is 17.9. The molecule has 1 aromatic rings. The number of primary amides is 1. The Labute approximate surface area is 138 Å². The standard InChI is InChI=1S/C16H19FN2O5/c1-16(2,24-11-5-3-10(17)4-6-11)15(22)23-12-7-14(21)19(8-12)9-13(18)20/h3-6,12H,7-9H2,1-2H3,(H2,18,20). The Hall–Kier alpha value is -2.64. The lowest BCUT2D eigenvalue weighted by Crippen LogP contribution is -2.42. The fourth-order valence-corrected chi connectivity index (χ4v) is 2.29. The smallest absolute Gasteiger partial charge is 0.350 e. The van der Waals surface area contributed by atoms with E-state index in [4.69, 9.17) is 15.2 Å². The SMILES string of the molecule is CC(C)(Oc1ccc(F)cc1)C(=O)OC1CC(=O)N(CC(N)=O)C1. The van der Waals surface area contributed by atoms with Crippen molar-refractivity contribution in [3.05, 3.63) is 30.1 Å². The molecule has 1 saturated heterocycles. The number of nitrogens with two attached hydrogens (primary N) is 1. The van der Waals surface area contributed by atoms with Crippen LogP contribution in [-0.4, -0.2) is 47.5 Å². The third-order valence-corrected chi connectivity index (χ3v) is 3.48. The van der Waals surface area contributed by atoms with Gasteiger partial charge in [-0.3, -0.25) is 9.59 Å². The number of carbonyl (C=O) groups excluding carboxylic acids is 3. The monoisotopic (exact) mass is 338 g/mol. The molecule has 0 saturated carbocycles. The molecule has 130 valence electrons. The van der Waals surface area contributed by atoms with Crippen LogP contribution < -0.4 is 10.5 Å². The van der Waals surface area contributed by atoms with Gasteiger partial charge in [0.2, 0.25) is 11.8 Å². The quantitative estimate of drug-likeness (QED) is 0.766. The number of hydrogen-bond acceptors (Lipinski definition) is 5. The van der Waals surface area contributed by atoms with Crippen LogP contribution in [0.4, 0.5) is 4.39 Å². The third-order valence-electron chi connectivity index (χ3n) is 3.48. The topological polar surface area (TPSA) is 98.9 Å². The van der Waals surface area contributed by atoms with E-state index < -0.39 is 29.4 Å². The van der Waals surface area contributed by atoms with Gasteiger partial charge in [0.1, 0.15) is 17.7 Å². The van der Waals surface area contributed by atoms with E-state index in [1.54, 1.807) is 0 Å². The Morgan fingerprint density at radius 3 is 2.54 bits per heavy atom. The first kappa shape index (κ1) is 17.7. The molecule has 1 unspecified atom stereocenters. The second-order valence-corrected chi connectivity index (χ2v) is 6.04. The predicted molar refractivity (Wildman–Crippen MR) is 81.4 cm³/mol. The minimum absolute atomic E-state index is 0.00829. The Morgan fingerprint density at radius 2 is 1.96 bits per heavy atom. The number of carbonyl (C=O) groups is 3. The molecule has 7 nitrogen and oxygen atoms in total. The van der Waals surface area contributed by atoms with E-state index >= 15 is 0 Å². The number of hydrogen-bond donors (Lipinski definition) is 1. The zero-order valence-electron chi connectivity index (χ0n) is 13.5. The van der Waals surface area contributed by atoms with Gasteiger partial charge in [0.25, 0.3) is 0 Å². The average Bonchev–Trinajstić information content (AvgIpc) is 2.80. The fourth-order valence-electron chi connectivity index (χ4n) is 2.29. The summed E-state index contributed by atoms with van der Waals surface area (Å²) in [7, 11) is 0. The van der Waals surface area contributed by atoms with Crippen molar-refractivity contribution in [1.29, 1.82) is 0 Å². The molecular formula is C16H19FN2O5.